The first-order valence-corrected chi connectivity index (χ1v) is 15.7. The van der Waals surface area contributed by atoms with Crippen molar-refractivity contribution in [3.8, 4) is 33.9 Å². The summed E-state index contributed by atoms with van der Waals surface area (Å²) in [5.41, 5.74) is 9.89. The summed E-state index contributed by atoms with van der Waals surface area (Å²) in [6.45, 7) is 1.79. The molecule has 0 aliphatic carbocycles. The van der Waals surface area contributed by atoms with E-state index in [0.717, 1.165) is 10.6 Å². The van der Waals surface area contributed by atoms with E-state index >= 15 is 0 Å². The highest BCUT2D eigenvalue weighted by atomic mass is 32.2. The zero-order valence-electron chi connectivity index (χ0n) is 24.7. The monoisotopic (exact) mass is 630 g/mol. The number of nitrogens with one attached hydrogen (secondary N) is 1. The van der Waals surface area contributed by atoms with Gasteiger partial charge in [0.05, 0.1) is 17.5 Å². The van der Waals surface area contributed by atoms with E-state index in [1.54, 1.807) is 37.3 Å². The molecule has 2 heterocycles. The molecule has 2 aromatic heterocycles. The van der Waals surface area contributed by atoms with Crippen molar-refractivity contribution in [3.05, 3.63) is 95.6 Å². The Bertz CT molecular complexity index is 2220. The Kier molecular flexibility index (Phi) is 7.42. The largest absolute Gasteiger partial charge is 0.455 e. The van der Waals surface area contributed by atoms with Gasteiger partial charge in [-0.25, -0.2) is 22.2 Å². The topological polar surface area (TPSA) is 132 Å². The summed E-state index contributed by atoms with van der Waals surface area (Å²) in [6, 6.07) is 18.0. The molecule has 230 valence electrons. The first kappa shape index (κ1) is 30.0. The number of nitrogens with two attached hydrogens (primary N) is 1. The minimum atomic E-state index is -3.77. The van der Waals surface area contributed by atoms with E-state index in [-0.39, 0.29) is 39.6 Å². The van der Waals surface area contributed by atoms with Gasteiger partial charge in [-0.15, -0.1) is 0 Å². The first-order chi connectivity index (χ1) is 21.3. The number of furan rings is 1. The van der Waals surface area contributed by atoms with E-state index in [1.165, 1.54) is 56.6 Å². The zero-order valence-corrected chi connectivity index (χ0v) is 25.5. The fourth-order valence-electron chi connectivity index (χ4n) is 5.19. The molecule has 9 nitrogen and oxygen atoms in total. The standard InChI is InChI=1S/C33H28F2N4O5S/c1-17(36)19-12-20(14-21(13-19)33-38-30-25(35)6-5-7-27(30)44-33)23-15-24-28(16-26(23)39(3)45(4,41)42)43-31(29(24)32(40)37-2)18-8-10-22(34)11-9-18/h5-17H,36H2,1-4H3,(H,37,40). The van der Waals surface area contributed by atoms with Crippen LogP contribution in [0.4, 0.5) is 14.5 Å². The maximum absolute atomic E-state index is 14.5. The molecule has 0 saturated carbocycles. The lowest BCUT2D eigenvalue weighted by Gasteiger charge is -2.21. The number of halogens is 2. The summed E-state index contributed by atoms with van der Waals surface area (Å²) >= 11 is 0. The van der Waals surface area contributed by atoms with Gasteiger partial charge in [-0.3, -0.25) is 9.10 Å². The summed E-state index contributed by atoms with van der Waals surface area (Å²) < 4.78 is 67.1. The van der Waals surface area contributed by atoms with Crippen LogP contribution in [0.1, 0.15) is 28.9 Å². The lowest BCUT2D eigenvalue weighted by atomic mass is 9.94. The van der Waals surface area contributed by atoms with Crippen molar-refractivity contribution in [1.29, 1.82) is 0 Å². The van der Waals surface area contributed by atoms with Crippen molar-refractivity contribution >= 4 is 43.7 Å². The minimum absolute atomic E-state index is 0.0705. The molecule has 0 radical (unpaired) electrons. The van der Waals surface area contributed by atoms with Crippen LogP contribution in [-0.4, -0.2) is 39.7 Å². The molecule has 4 aromatic carbocycles. The number of nitrogens with zero attached hydrogens (tertiary/aromatic N) is 2. The number of benzene rings is 4. The number of aromatic nitrogens is 1. The van der Waals surface area contributed by atoms with Gasteiger partial charge >= 0.3 is 0 Å². The molecule has 45 heavy (non-hydrogen) atoms. The van der Waals surface area contributed by atoms with Gasteiger partial charge in [0.15, 0.2) is 11.4 Å². The second kappa shape index (κ2) is 11.1. The van der Waals surface area contributed by atoms with Gasteiger partial charge in [0.2, 0.25) is 15.9 Å². The zero-order chi connectivity index (χ0) is 32.2. The molecule has 1 atom stereocenters. The smallest absolute Gasteiger partial charge is 0.255 e. The van der Waals surface area contributed by atoms with Crippen molar-refractivity contribution in [1.82, 2.24) is 10.3 Å². The Balaban J connectivity index is 1.66. The van der Waals surface area contributed by atoms with Gasteiger partial charge < -0.3 is 19.9 Å². The van der Waals surface area contributed by atoms with E-state index in [0.29, 0.717) is 33.2 Å². The maximum atomic E-state index is 14.5. The van der Waals surface area contributed by atoms with Gasteiger partial charge in [-0.05, 0) is 78.7 Å². The van der Waals surface area contributed by atoms with Crippen LogP contribution in [0.2, 0.25) is 0 Å². The van der Waals surface area contributed by atoms with Crippen LogP contribution in [0.15, 0.2) is 81.6 Å². The van der Waals surface area contributed by atoms with Crippen molar-refractivity contribution < 1.29 is 30.8 Å². The average molecular weight is 631 g/mol. The summed E-state index contributed by atoms with van der Waals surface area (Å²) in [5, 5.41) is 3.02. The molecule has 0 spiro atoms. The highest BCUT2D eigenvalue weighted by Gasteiger charge is 2.27. The molecule has 6 aromatic rings. The second-order valence-corrected chi connectivity index (χ2v) is 12.7. The normalized spacial score (nSPS) is 12.5. The molecular weight excluding hydrogens is 602 g/mol. The quantitative estimate of drug-likeness (QED) is 0.202. The SMILES string of the molecule is CNC(=O)c1c(-c2ccc(F)cc2)oc2cc(N(C)S(C)(=O)=O)c(-c3cc(-c4nc5c(F)cccc5o4)cc(C(C)N)c3)cc12. The molecular formula is C33H28F2N4O5S. The number of hydrogen-bond donors (Lipinski definition) is 2. The summed E-state index contributed by atoms with van der Waals surface area (Å²) in [4.78, 5) is 17.6. The third-order valence-electron chi connectivity index (χ3n) is 7.61. The number of carbonyl (C=O) groups excluding carboxylic acids is 1. The molecule has 6 rings (SSSR count). The molecule has 3 N–H and O–H groups in total. The molecule has 0 aliphatic rings. The second-order valence-electron chi connectivity index (χ2n) is 10.7. The first-order valence-electron chi connectivity index (χ1n) is 13.8. The highest BCUT2D eigenvalue weighted by molar-refractivity contribution is 7.92. The van der Waals surface area contributed by atoms with Gasteiger partial charge in [0.1, 0.15) is 22.7 Å². The Hall–Kier alpha value is -5.07. The van der Waals surface area contributed by atoms with Gasteiger partial charge in [-0.2, -0.15) is 0 Å². The van der Waals surface area contributed by atoms with E-state index in [9.17, 15) is 22.0 Å². The third-order valence-corrected chi connectivity index (χ3v) is 8.80. The van der Waals surface area contributed by atoms with Crippen LogP contribution in [-0.2, 0) is 10.0 Å². The Labute approximate surface area is 257 Å². The molecule has 12 heteroatoms. The van der Waals surface area contributed by atoms with Crippen molar-refractivity contribution in [2.75, 3.05) is 24.7 Å². The number of sulfonamides is 1. The molecule has 0 bridgehead atoms. The third kappa shape index (κ3) is 5.42. The number of carbonyl (C=O) groups is 1. The minimum Gasteiger partial charge on any atom is -0.455 e. The van der Waals surface area contributed by atoms with E-state index in [4.69, 9.17) is 14.6 Å². The average Bonchev–Trinajstić information content (AvgIpc) is 3.62. The molecule has 0 aliphatic heterocycles. The number of anilines is 1. The van der Waals surface area contributed by atoms with Crippen LogP contribution < -0.4 is 15.4 Å². The van der Waals surface area contributed by atoms with Gasteiger partial charge in [0, 0.05) is 48.3 Å². The molecule has 1 unspecified atom stereocenters. The summed E-state index contributed by atoms with van der Waals surface area (Å²) in [6.07, 6.45) is 1.07. The van der Waals surface area contributed by atoms with Crippen LogP contribution in [0, 0.1) is 11.6 Å². The van der Waals surface area contributed by atoms with Crippen LogP contribution in [0.25, 0.3) is 56.0 Å². The fraction of sp³-hybridized carbons (Fsp3) is 0.152. The lowest BCUT2D eigenvalue weighted by Crippen LogP contribution is -2.25. The Morgan fingerprint density at radius 3 is 2.31 bits per heavy atom. The van der Waals surface area contributed by atoms with Crippen LogP contribution in [0.5, 0.6) is 0 Å². The van der Waals surface area contributed by atoms with Crippen LogP contribution >= 0.6 is 0 Å². The number of para-hydroxylation sites is 1. The number of rotatable bonds is 7. The van der Waals surface area contributed by atoms with Crippen molar-refractivity contribution in [2.24, 2.45) is 5.73 Å². The van der Waals surface area contributed by atoms with Gasteiger partial charge in [-0.1, -0.05) is 6.07 Å². The van der Waals surface area contributed by atoms with E-state index < -0.39 is 33.6 Å². The van der Waals surface area contributed by atoms with Gasteiger partial charge in [0.25, 0.3) is 5.91 Å². The molecule has 1 amide bonds. The lowest BCUT2D eigenvalue weighted by molar-refractivity contribution is 0.0964. The van der Waals surface area contributed by atoms with Crippen molar-refractivity contribution in [2.45, 2.75) is 13.0 Å². The molecule has 0 fully saturated rings. The fourth-order valence-corrected chi connectivity index (χ4v) is 5.70. The molecule has 0 saturated heterocycles. The Morgan fingerprint density at radius 1 is 0.956 bits per heavy atom. The predicted molar refractivity (Wildman–Crippen MR) is 169 cm³/mol. The Morgan fingerprint density at radius 2 is 1.67 bits per heavy atom. The maximum Gasteiger partial charge on any atom is 0.255 e. The van der Waals surface area contributed by atoms with Crippen molar-refractivity contribution in [3.63, 3.8) is 0 Å². The summed E-state index contributed by atoms with van der Waals surface area (Å²) in [5.74, 6) is -1.12. The number of hydrogen-bond acceptors (Lipinski definition) is 7. The number of amides is 1. The van der Waals surface area contributed by atoms with E-state index in [1.807, 2.05) is 0 Å². The number of fused-ring (bicyclic) bond motifs is 2. The van der Waals surface area contributed by atoms with E-state index in [2.05, 4.69) is 10.3 Å². The number of oxazole rings is 1. The highest BCUT2D eigenvalue weighted by Crippen LogP contribution is 2.43. The van der Waals surface area contributed by atoms with Crippen LogP contribution in [0.3, 0.4) is 0 Å². The summed E-state index contributed by atoms with van der Waals surface area (Å²) in [7, 11) is -0.891. The predicted octanol–water partition coefficient (Wildman–Crippen LogP) is 6.63.